The minimum atomic E-state index is -2.55. The molecule has 0 aliphatic carbocycles. The zero-order chi connectivity index (χ0) is 38.7. The zero-order valence-corrected chi connectivity index (χ0v) is 33.4. The van der Waals surface area contributed by atoms with E-state index in [0.29, 0.717) is 19.5 Å². The number of aliphatic hydroxyl groups excluding tert-OH is 1. The molecule has 2 fully saturated rings. The second-order valence-electron chi connectivity index (χ2n) is 15.8. The summed E-state index contributed by atoms with van der Waals surface area (Å²) < 4.78 is 12.9. The maximum absolute atomic E-state index is 15.4. The van der Waals surface area contributed by atoms with Gasteiger partial charge < -0.3 is 24.4 Å². The van der Waals surface area contributed by atoms with Crippen molar-refractivity contribution in [3.63, 3.8) is 0 Å². The molecule has 3 heterocycles. The van der Waals surface area contributed by atoms with Crippen molar-refractivity contribution in [2.24, 2.45) is 5.92 Å². The number of amides is 3. The number of carbonyl (C=O) groups is 3. The molecule has 4 atom stereocenters. The molecule has 0 bridgehead atoms. The number of aliphatic hydroxyl groups is 1. The number of nitrogens with zero attached hydrogens (tertiary/aromatic N) is 3. The number of hydrogen-bond acceptors (Lipinski definition) is 6. The fourth-order valence-corrected chi connectivity index (χ4v) is 13.4. The minimum Gasteiger partial charge on any atom is -0.497 e. The van der Waals surface area contributed by atoms with Gasteiger partial charge in [-0.2, -0.15) is 0 Å². The van der Waals surface area contributed by atoms with E-state index in [4.69, 9.17) is 9.47 Å². The summed E-state index contributed by atoms with van der Waals surface area (Å²) in [6, 6.07) is 33.5. The average molecular weight is 760 g/mol. The lowest BCUT2D eigenvalue weighted by Gasteiger charge is -2.37. The van der Waals surface area contributed by atoms with Crippen LogP contribution in [0, 0.1) is 5.92 Å². The van der Waals surface area contributed by atoms with Gasteiger partial charge in [0.05, 0.1) is 40.0 Å². The lowest BCUT2D eigenvalue weighted by molar-refractivity contribution is -0.149. The van der Waals surface area contributed by atoms with Crippen LogP contribution in [0.5, 0.6) is 5.75 Å². The zero-order valence-electron chi connectivity index (χ0n) is 32.4. The molecule has 0 unspecified atom stereocenters. The maximum Gasteiger partial charge on any atom is 0.268 e. The SMILES string of the molecule is COc1ccc([Si](C)(C)[C@H]2[C@H](CC(=O)N(CCO)Cc3ccccc3)O[C@@]3(C(=O)N(c4ccccc4)c4ccc(N5CCCCCCC5=O)cc43)[C@@H]2C)cc1. The second-order valence-corrected chi connectivity index (χ2v) is 20.5. The molecule has 55 heavy (non-hydrogen) atoms. The standard InChI is InChI=1S/C45H53N3O6Si/c1-32-43(55(3,4)37-23-21-36(53-2)22-24-37)40(30-42(51)46(27-28-49)31-33-15-9-7-10-16-33)54-45(32)38-29-35(47-26-14-6-5-13-19-41(47)50)20-25-39(38)48(44(45)52)34-17-11-8-12-18-34/h7-12,15-18,20-25,29,32,40,43,49H,5-6,13-14,19,26-28,30-31H2,1-4H3/t32-,40+,43-,45+/m1/s1. The predicted molar refractivity (Wildman–Crippen MR) is 219 cm³/mol. The van der Waals surface area contributed by atoms with E-state index in [1.807, 2.05) is 95.9 Å². The van der Waals surface area contributed by atoms with Crippen LogP contribution < -0.4 is 19.7 Å². The van der Waals surface area contributed by atoms with E-state index in [2.05, 4.69) is 32.2 Å². The molecular formula is C45H53N3O6Si. The molecule has 1 N–H and O–H groups in total. The van der Waals surface area contributed by atoms with Crippen molar-refractivity contribution >= 4 is 48.0 Å². The van der Waals surface area contributed by atoms with Crippen LogP contribution in [0.3, 0.4) is 0 Å². The van der Waals surface area contributed by atoms with E-state index < -0.39 is 19.8 Å². The predicted octanol–water partition coefficient (Wildman–Crippen LogP) is 7.30. The topological polar surface area (TPSA) is 99.6 Å². The second kappa shape index (κ2) is 16.1. The molecule has 3 aliphatic rings. The van der Waals surface area contributed by atoms with E-state index in [-0.39, 0.29) is 48.8 Å². The van der Waals surface area contributed by atoms with Crippen LogP contribution in [-0.4, -0.2) is 68.7 Å². The molecule has 7 rings (SSSR count). The number of methoxy groups -OCH3 is 1. The van der Waals surface area contributed by atoms with Crippen LogP contribution in [0.2, 0.25) is 18.6 Å². The van der Waals surface area contributed by atoms with Gasteiger partial charge in [0.25, 0.3) is 5.91 Å². The quantitative estimate of drug-likeness (QED) is 0.161. The normalized spacial score (nSPS) is 22.7. The summed E-state index contributed by atoms with van der Waals surface area (Å²) >= 11 is 0. The third-order valence-electron chi connectivity index (χ3n) is 12.2. The van der Waals surface area contributed by atoms with Crippen molar-refractivity contribution in [3.8, 4) is 5.75 Å². The lowest BCUT2D eigenvalue weighted by atomic mass is 9.82. The molecule has 1 spiro atoms. The van der Waals surface area contributed by atoms with Crippen molar-refractivity contribution < 1.29 is 29.0 Å². The summed E-state index contributed by atoms with van der Waals surface area (Å²) in [6.45, 7) is 7.71. The van der Waals surface area contributed by atoms with Gasteiger partial charge in [0.15, 0.2) is 5.60 Å². The van der Waals surface area contributed by atoms with Gasteiger partial charge >= 0.3 is 0 Å². The Labute approximate surface area is 325 Å². The number of rotatable bonds is 11. The molecule has 3 amide bonds. The molecular weight excluding hydrogens is 707 g/mol. The first-order valence-electron chi connectivity index (χ1n) is 19.7. The van der Waals surface area contributed by atoms with Crippen LogP contribution in [0.25, 0.3) is 0 Å². The molecule has 9 nitrogen and oxygen atoms in total. The monoisotopic (exact) mass is 759 g/mol. The lowest BCUT2D eigenvalue weighted by Crippen LogP contribution is -2.52. The summed E-state index contributed by atoms with van der Waals surface area (Å²) in [7, 11) is -0.900. The highest BCUT2D eigenvalue weighted by Crippen LogP contribution is 2.61. The Kier molecular flexibility index (Phi) is 11.3. The molecule has 10 heteroatoms. The Balaban J connectivity index is 1.36. The number of para-hydroxylation sites is 1. The fraction of sp³-hybridized carbons (Fsp3) is 0.400. The summed E-state index contributed by atoms with van der Waals surface area (Å²) in [4.78, 5) is 48.8. The Bertz CT molecular complexity index is 1990. The Morgan fingerprint density at radius 2 is 1.60 bits per heavy atom. The van der Waals surface area contributed by atoms with Gasteiger partial charge in [-0.3, -0.25) is 19.3 Å². The van der Waals surface area contributed by atoms with Gasteiger partial charge in [-0.15, -0.1) is 0 Å². The average Bonchev–Trinajstić information content (AvgIpc) is 3.62. The van der Waals surface area contributed by atoms with E-state index in [9.17, 15) is 14.7 Å². The number of benzene rings is 4. The van der Waals surface area contributed by atoms with E-state index in [1.165, 1.54) is 5.19 Å². The van der Waals surface area contributed by atoms with Gasteiger partial charge in [-0.1, -0.05) is 98.7 Å². The number of anilines is 3. The van der Waals surface area contributed by atoms with Crippen LogP contribution >= 0.6 is 0 Å². The van der Waals surface area contributed by atoms with E-state index in [0.717, 1.165) is 59.6 Å². The van der Waals surface area contributed by atoms with Gasteiger partial charge in [-0.25, -0.2) is 0 Å². The Hall–Kier alpha value is -4.77. The third kappa shape index (κ3) is 7.23. The van der Waals surface area contributed by atoms with Crippen LogP contribution in [-0.2, 0) is 31.3 Å². The van der Waals surface area contributed by atoms with Crippen molar-refractivity contribution in [2.75, 3.05) is 36.6 Å². The molecule has 0 saturated carbocycles. The Morgan fingerprint density at radius 3 is 2.29 bits per heavy atom. The highest BCUT2D eigenvalue weighted by Gasteiger charge is 2.67. The van der Waals surface area contributed by atoms with Gasteiger partial charge in [0, 0.05) is 48.9 Å². The van der Waals surface area contributed by atoms with Crippen LogP contribution in [0.15, 0.2) is 103 Å². The molecule has 0 aromatic heterocycles. The molecule has 4 aromatic carbocycles. The first-order chi connectivity index (χ1) is 26.6. The van der Waals surface area contributed by atoms with Crippen LogP contribution in [0.4, 0.5) is 17.1 Å². The van der Waals surface area contributed by atoms with Crippen LogP contribution in [0.1, 0.15) is 56.6 Å². The van der Waals surface area contributed by atoms with Crippen molar-refractivity contribution in [2.45, 2.75) is 82.3 Å². The number of carbonyl (C=O) groups excluding carboxylic acids is 3. The molecule has 2 saturated heterocycles. The third-order valence-corrected chi connectivity index (χ3v) is 16.6. The van der Waals surface area contributed by atoms with Gasteiger partial charge in [0.2, 0.25) is 11.8 Å². The first-order valence-corrected chi connectivity index (χ1v) is 22.8. The highest BCUT2D eigenvalue weighted by atomic mass is 28.3. The summed E-state index contributed by atoms with van der Waals surface area (Å²) in [6.07, 6.45) is 3.83. The largest absolute Gasteiger partial charge is 0.497 e. The van der Waals surface area contributed by atoms with Crippen molar-refractivity contribution in [1.82, 2.24) is 4.90 Å². The minimum absolute atomic E-state index is 0.0500. The van der Waals surface area contributed by atoms with E-state index >= 15 is 4.79 Å². The van der Waals surface area contributed by atoms with Gasteiger partial charge in [-0.05, 0) is 66.4 Å². The summed E-state index contributed by atoms with van der Waals surface area (Å²) in [5.74, 6) is 0.191. The molecule has 288 valence electrons. The van der Waals surface area contributed by atoms with Crippen molar-refractivity contribution in [1.29, 1.82) is 0 Å². The number of ether oxygens (including phenoxy) is 2. The number of fused-ring (bicyclic) bond motifs is 2. The smallest absolute Gasteiger partial charge is 0.268 e. The number of hydrogen-bond donors (Lipinski definition) is 1. The molecule has 4 aromatic rings. The first kappa shape index (κ1) is 38.5. The highest BCUT2D eigenvalue weighted by molar-refractivity contribution is 6.91. The molecule has 3 aliphatic heterocycles. The maximum atomic E-state index is 15.4. The summed E-state index contributed by atoms with van der Waals surface area (Å²) in [5, 5.41) is 11.2. The molecule has 0 radical (unpaired) electrons. The fourth-order valence-electron chi connectivity index (χ4n) is 9.38. The van der Waals surface area contributed by atoms with Crippen molar-refractivity contribution in [3.05, 3.63) is 114 Å². The Morgan fingerprint density at radius 1 is 0.909 bits per heavy atom. The summed E-state index contributed by atoms with van der Waals surface area (Å²) in [5.41, 5.74) is 2.34. The van der Waals surface area contributed by atoms with E-state index in [1.54, 1.807) is 16.9 Å². The van der Waals surface area contributed by atoms with Gasteiger partial charge in [0.1, 0.15) is 5.75 Å².